The third-order valence-electron chi connectivity index (χ3n) is 4.20. The minimum Gasteiger partial charge on any atom is -0.469 e. The monoisotopic (exact) mass is 241 g/mol. The maximum Gasteiger partial charge on any atom is 0.307 e. The van der Waals surface area contributed by atoms with Gasteiger partial charge in [-0.15, -0.1) is 0 Å². The molecule has 0 aliphatic heterocycles. The molecule has 1 fully saturated rings. The molecule has 17 heavy (non-hydrogen) atoms. The average Bonchev–Trinajstić information content (AvgIpc) is 2.31. The van der Waals surface area contributed by atoms with Crippen LogP contribution in [0.3, 0.4) is 0 Å². The molecular formula is C14H27NO2. The van der Waals surface area contributed by atoms with Crippen LogP contribution >= 0.6 is 0 Å². The van der Waals surface area contributed by atoms with Crippen LogP contribution in [0.25, 0.3) is 0 Å². The van der Waals surface area contributed by atoms with Gasteiger partial charge in [0.1, 0.15) is 0 Å². The molecule has 0 bridgehead atoms. The topological polar surface area (TPSA) is 38.3 Å². The number of nitrogens with one attached hydrogen (secondary N) is 1. The Labute approximate surface area is 105 Å². The van der Waals surface area contributed by atoms with Crippen molar-refractivity contribution >= 4 is 5.97 Å². The van der Waals surface area contributed by atoms with Crippen molar-refractivity contribution in [3.05, 3.63) is 0 Å². The summed E-state index contributed by atoms with van der Waals surface area (Å²) >= 11 is 0. The predicted molar refractivity (Wildman–Crippen MR) is 69.8 cm³/mol. The van der Waals surface area contributed by atoms with Crippen LogP contribution in [-0.2, 0) is 9.53 Å². The Bertz CT molecular complexity index is 251. The number of esters is 1. The van der Waals surface area contributed by atoms with Crippen molar-refractivity contribution in [3.8, 4) is 0 Å². The first-order valence-corrected chi connectivity index (χ1v) is 6.86. The third-order valence-corrected chi connectivity index (χ3v) is 4.20. The Balaban J connectivity index is 2.73. The quantitative estimate of drug-likeness (QED) is 0.752. The van der Waals surface area contributed by atoms with Crippen molar-refractivity contribution in [3.63, 3.8) is 0 Å². The van der Waals surface area contributed by atoms with Crippen molar-refractivity contribution in [2.45, 2.75) is 58.4 Å². The number of carbonyl (C=O) groups is 1. The molecular weight excluding hydrogens is 214 g/mol. The van der Waals surface area contributed by atoms with Crippen molar-refractivity contribution in [2.24, 2.45) is 11.8 Å². The van der Waals surface area contributed by atoms with Gasteiger partial charge in [-0.1, -0.05) is 20.8 Å². The smallest absolute Gasteiger partial charge is 0.307 e. The minimum atomic E-state index is -0.0880. The SMILES string of the molecule is CCCNC1(CC(=O)OC)CCC(C)CC1C. The molecule has 0 radical (unpaired) electrons. The lowest BCUT2D eigenvalue weighted by atomic mass is 9.68. The van der Waals surface area contributed by atoms with Gasteiger partial charge in [-0.05, 0) is 44.1 Å². The summed E-state index contributed by atoms with van der Waals surface area (Å²) in [5.41, 5.74) is -0.0321. The first-order valence-electron chi connectivity index (χ1n) is 6.86. The Kier molecular flexibility index (Phi) is 5.44. The second-order valence-corrected chi connectivity index (χ2v) is 5.62. The zero-order valence-electron chi connectivity index (χ0n) is 11.7. The van der Waals surface area contributed by atoms with E-state index < -0.39 is 0 Å². The van der Waals surface area contributed by atoms with E-state index in [1.54, 1.807) is 0 Å². The van der Waals surface area contributed by atoms with E-state index in [9.17, 15) is 4.79 Å². The molecule has 0 spiro atoms. The molecule has 0 saturated heterocycles. The van der Waals surface area contributed by atoms with Crippen LogP contribution in [0.1, 0.15) is 52.9 Å². The lowest BCUT2D eigenvalue weighted by Crippen LogP contribution is -2.54. The number of ether oxygens (including phenoxy) is 1. The van der Waals surface area contributed by atoms with Gasteiger partial charge in [0.2, 0.25) is 0 Å². The van der Waals surface area contributed by atoms with Gasteiger partial charge in [-0.2, -0.15) is 0 Å². The van der Waals surface area contributed by atoms with Gasteiger partial charge in [-0.3, -0.25) is 4.79 Å². The summed E-state index contributed by atoms with van der Waals surface area (Å²) in [7, 11) is 1.48. The number of hydrogen-bond acceptors (Lipinski definition) is 3. The van der Waals surface area contributed by atoms with Crippen LogP contribution in [-0.4, -0.2) is 25.2 Å². The summed E-state index contributed by atoms with van der Waals surface area (Å²) < 4.78 is 4.85. The van der Waals surface area contributed by atoms with E-state index in [0.29, 0.717) is 12.3 Å². The molecule has 1 aliphatic carbocycles. The van der Waals surface area contributed by atoms with Crippen LogP contribution in [0.4, 0.5) is 0 Å². The number of carbonyl (C=O) groups excluding carboxylic acids is 1. The molecule has 0 aromatic heterocycles. The second-order valence-electron chi connectivity index (χ2n) is 5.62. The fourth-order valence-electron chi connectivity index (χ4n) is 2.99. The van der Waals surface area contributed by atoms with Crippen molar-refractivity contribution in [1.82, 2.24) is 5.32 Å². The molecule has 3 nitrogen and oxygen atoms in total. The van der Waals surface area contributed by atoms with E-state index in [2.05, 4.69) is 26.1 Å². The lowest BCUT2D eigenvalue weighted by molar-refractivity contribution is -0.143. The Morgan fingerprint density at radius 3 is 2.71 bits per heavy atom. The van der Waals surface area contributed by atoms with Crippen LogP contribution in [0.15, 0.2) is 0 Å². The van der Waals surface area contributed by atoms with Crippen LogP contribution < -0.4 is 5.32 Å². The van der Waals surface area contributed by atoms with Gasteiger partial charge in [0.05, 0.1) is 13.5 Å². The van der Waals surface area contributed by atoms with Crippen molar-refractivity contribution < 1.29 is 9.53 Å². The summed E-state index contributed by atoms with van der Waals surface area (Å²) in [5.74, 6) is 1.23. The summed E-state index contributed by atoms with van der Waals surface area (Å²) in [6.45, 7) is 7.71. The highest BCUT2D eigenvalue weighted by Gasteiger charge is 2.41. The lowest BCUT2D eigenvalue weighted by Gasteiger charge is -2.45. The minimum absolute atomic E-state index is 0.0321. The molecule has 0 aromatic rings. The summed E-state index contributed by atoms with van der Waals surface area (Å²) in [4.78, 5) is 11.6. The van der Waals surface area contributed by atoms with Gasteiger partial charge < -0.3 is 10.1 Å². The van der Waals surface area contributed by atoms with E-state index in [-0.39, 0.29) is 11.5 Å². The summed E-state index contributed by atoms with van der Waals surface area (Å²) in [6.07, 6.45) is 5.11. The highest BCUT2D eigenvalue weighted by molar-refractivity contribution is 5.70. The zero-order valence-corrected chi connectivity index (χ0v) is 11.7. The van der Waals surface area contributed by atoms with Crippen LogP contribution in [0.2, 0.25) is 0 Å². The van der Waals surface area contributed by atoms with E-state index in [1.807, 2.05) is 0 Å². The van der Waals surface area contributed by atoms with Gasteiger partial charge >= 0.3 is 5.97 Å². The maximum absolute atomic E-state index is 11.6. The van der Waals surface area contributed by atoms with Gasteiger partial charge in [0.25, 0.3) is 0 Å². The van der Waals surface area contributed by atoms with E-state index >= 15 is 0 Å². The standard InChI is InChI=1S/C14H27NO2/c1-5-8-15-14(10-13(16)17-4)7-6-11(2)9-12(14)3/h11-12,15H,5-10H2,1-4H3. The third kappa shape index (κ3) is 3.70. The molecule has 3 unspecified atom stereocenters. The van der Waals surface area contributed by atoms with Gasteiger partial charge in [0.15, 0.2) is 0 Å². The first-order chi connectivity index (χ1) is 8.04. The van der Waals surface area contributed by atoms with Crippen LogP contribution in [0, 0.1) is 11.8 Å². The predicted octanol–water partition coefficient (Wildman–Crippen LogP) is 2.74. The highest BCUT2D eigenvalue weighted by atomic mass is 16.5. The fraction of sp³-hybridized carbons (Fsp3) is 0.929. The molecule has 1 aliphatic rings. The molecule has 1 N–H and O–H groups in total. The summed E-state index contributed by atoms with van der Waals surface area (Å²) in [5, 5.41) is 3.62. The van der Waals surface area contributed by atoms with E-state index in [1.165, 1.54) is 20.0 Å². The average molecular weight is 241 g/mol. The molecule has 1 rings (SSSR count). The van der Waals surface area contributed by atoms with Gasteiger partial charge in [0, 0.05) is 5.54 Å². The Morgan fingerprint density at radius 1 is 1.47 bits per heavy atom. The largest absolute Gasteiger partial charge is 0.469 e. The molecule has 0 aromatic carbocycles. The maximum atomic E-state index is 11.6. The molecule has 3 atom stereocenters. The molecule has 100 valence electrons. The fourth-order valence-corrected chi connectivity index (χ4v) is 2.99. The Morgan fingerprint density at radius 2 is 2.18 bits per heavy atom. The van der Waals surface area contributed by atoms with E-state index in [0.717, 1.165) is 25.3 Å². The summed E-state index contributed by atoms with van der Waals surface area (Å²) in [6, 6.07) is 0. The normalized spacial score (nSPS) is 33.4. The zero-order chi connectivity index (χ0) is 12.9. The van der Waals surface area contributed by atoms with E-state index in [4.69, 9.17) is 4.74 Å². The Hall–Kier alpha value is -0.570. The molecule has 0 amide bonds. The molecule has 0 heterocycles. The first kappa shape index (κ1) is 14.5. The molecule has 3 heteroatoms. The van der Waals surface area contributed by atoms with Crippen molar-refractivity contribution in [2.75, 3.05) is 13.7 Å². The number of hydrogen-bond donors (Lipinski definition) is 1. The highest BCUT2D eigenvalue weighted by Crippen LogP contribution is 2.39. The number of methoxy groups -OCH3 is 1. The van der Waals surface area contributed by atoms with Crippen molar-refractivity contribution in [1.29, 1.82) is 0 Å². The second kappa shape index (κ2) is 6.39. The van der Waals surface area contributed by atoms with Gasteiger partial charge in [-0.25, -0.2) is 0 Å². The molecule has 1 saturated carbocycles. The van der Waals surface area contributed by atoms with Crippen LogP contribution in [0.5, 0.6) is 0 Å². The number of rotatable bonds is 5.